The first-order valence-electron chi connectivity index (χ1n) is 9.95. The van der Waals surface area contributed by atoms with E-state index in [0.717, 1.165) is 11.1 Å². The first-order chi connectivity index (χ1) is 14.1. The van der Waals surface area contributed by atoms with Crippen LogP contribution in [0.2, 0.25) is 0 Å². The van der Waals surface area contributed by atoms with E-state index in [1.54, 1.807) is 19.2 Å². The lowest BCUT2D eigenvalue weighted by Crippen LogP contribution is -2.39. The number of hydrogen-bond donors (Lipinski definition) is 1. The number of nitrogens with one attached hydrogen (secondary N) is 1. The van der Waals surface area contributed by atoms with Gasteiger partial charge in [0.05, 0.1) is 0 Å². The van der Waals surface area contributed by atoms with Gasteiger partial charge in [-0.1, -0.05) is 63.2 Å². The van der Waals surface area contributed by atoms with Gasteiger partial charge in [0.25, 0.3) is 11.8 Å². The number of ether oxygens (including phenoxy) is 1. The molecule has 0 radical (unpaired) electrons. The number of carbonyl (C=O) groups is 3. The standard InChI is InChI=1S/C24H30N2O4/c1-17(23(29)26(5)16-18-9-7-6-8-10-18)30-21(27)15-25-22(28)19-11-13-20(14-12-19)24(2,3)4/h6-14,17H,15-16H2,1-5H3,(H,25,28)/t17-/m0/s1. The molecule has 0 unspecified atom stereocenters. The molecule has 0 aromatic heterocycles. The molecule has 2 aromatic rings. The van der Waals surface area contributed by atoms with E-state index < -0.39 is 12.1 Å². The maximum Gasteiger partial charge on any atom is 0.326 e. The minimum absolute atomic E-state index is 0.00480. The summed E-state index contributed by atoms with van der Waals surface area (Å²) >= 11 is 0. The highest BCUT2D eigenvalue weighted by molar-refractivity contribution is 5.96. The molecule has 0 spiro atoms. The van der Waals surface area contributed by atoms with Gasteiger partial charge in [-0.05, 0) is 35.6 Å². The molecule has 0 saturated heterocycles. The smallest absolute Gasteiger partial charge is 0.326 e. The van der Waals surface area contributed by atoms with Gasteiger partial charge < -0.3 is 15.0 Å². The number of hydrogen-bond acceptors (Lipinski definition) is 4. The molecule has 6 heteroatoms. The lowest BCUT2D eigenvalue weighted by atomic mass is 9.87. The molecule has 30 heavy (non-hydrogen) atoms. The third kappa shape index (κ3) is 6.72. The van der Waals surface area contributed by atoms with E-state index >= 15 is 0 Å². The van der Waals surface area contributed by atoms with Crippen LogP contribution in [0.3, 0.4) is 0 Å². The Morgan fingerprint density at radius 3 is 2.17 bits per heavy atom. The van der Waals surface area contributed by atoms with Crippen molar-refractivity contribution < 1.29 is 19.1 Å². The molecule has 2 amide bonds. The fraction of sp³-hybridized carbons (Fsp3) is 0.375. The summed E-state index contributed by atoms with van der Waals surface area (Å²) in [5, 5.41) is 2.53. The second-order valence-electron chi connectivity index (χ2n) is 8.32. The Morgan fingerprint density at radius 2 is 1.60 bits per heavy atom. The number of rotatable bonds is 7. The summed E-state index contributed by atoms with van der Waals surface area (Å²) in [4.78, 5) is 38.2. The number of nitrogens with zero attached hydrogens (tertiary/aromatic N) is 1. The second kappa shape index (κ2) is 10.1. The largest absolute Gasteiger partial charge is 0.451 e. The molecule has 1 N–H and O–H groups in total. The van der Waals surface area contributed by atoms with E-state index in [1.165, 1.54) is 11.8 Å². The van der Waals surface area contributed by atoms with Crippen molar-refractivity contribution in [3.8, 4) is 0 Å². The Balaban J connectivity index is 1.81. The predicted molar refractivity (Wildman–Crippen MR) is 116 cm³/mol. The average Bonchev–Trinajstić information content (AvgIpc) is 2.71. The molecule has 0 heterocycles. The van der Waals surface area contributed by atoms with Crippen molar-refractivity contribution >= 4 is 17.8 Å². The topological polar surface area (TPSA) is 75.7 Å². The number of amides is 2. The predicted octanol–water partition coefficient (Wildman–Crippen LogP) is 3.30. The van der Waals surface area contributed by atoms with Gasteiger partial charge in [0.1, 0.15) is 6.54 Å². The summed E-state index contributed by atoms with van der Waals surface area (Å²) < 4.78 is 5.18. The Morgan fingerprint density at radius 1 is 1.00 bits per heavy atom. The number of esters is 1. The summed E-state index contributed by atoms with van der Waals surface area (Å²) in [6.07, 6.45) is -0.936. The van der Waals surface area contributed by atoms with Gasteiger partial charge in [-0.2, -0.15) is 0 Å². The monoisotopic (exact) mass is 410 g/mol. The van der Waals surface area contributed by atoms with Crippen LogP contribution in [0.1, 0.15) is 49.2 Å². The zero-order valence-corrected chi connectivity index (χ0v) is 18.3. The molecule has 0 saturated carbocycles. The SMILES string of the molecule is C[C@H](OC(=O)CNC(=O)c1ccc(C(C)(C)C)cc1)C(=O)N(C)Cc1ccccc1. The maximum absolute atomic E-state index is 12.4. The first-order valence-corrected chi connectivity index (χ1v) is 9.95. The van der Waals surface area contributed by atoms with Gasteiger partial charge in [0.2, 0.25) is 0 Å². The molecule has 0 aliphatic heterocycles. The minimum atomic E-state index is -0.936. The maximum atomic E-state index is 12.4. The molecule has 160 valence electrons. The molecule has 0 fully saturated rings. The second-order valence-corrected chi connectivity index (χ2v) is 8.32. The third-order valence-corrected chi connectivity index (χ3v) is 4.70. The van der Waals surface area contributed by atoms with Crippen LogP contribution in [0.15, 0.2) is 54.6 Å². The van der Waals surface area contributed by atoms with E-state index in [-0.39, 0.29) is 23.8 Å². The summed E-state index contributed by atoms with van der Waals surface area (Å²) in [5.74, 6) is -1.34. The zero-order valence-electron chi connectivity index (χ0n) is 18.3. The van der Waals surface area contributed by atoms with Crippen LogP contribution in [0, 0.1) is 0 Å². The zero-order chi connectivity index (χ0) is 22.3. The lowest BCUT2D eigenvalue weighted by Gasteiger charge is -2.21. The molecule has 2 aromatic carbocycles. The first kappa shape index (κ1) is 23.1. The van der Waals surface area contributed by atoms with Crippen LogP contribution in [0.5, 0.6) is 0 Å². The van der Waals surface area contributed by atoms with Crippen LogP contribution in [-0.4, -0.2) is 42.4 Å². The lowest BCUT2D eigenvalue weighted by molar-refractivity contribution is -0.157. The fourth-order valence-corrected chi connectivity index (χ4v) is 2.91. The fourth-order valence-electron chi connectivity index (χ4n) is 2.91. The van der Waals surface area contributed by atoms with Crippen molar-refractivity contribution in [3.05, 3.63) is 71.3 Å². The van der Waals surface area contributed by atoms with Crippen molar-refractivity contribution in [2.24, 2.45) is 0 Å². The van der Waals surface area contributed by atoms with Gasteiger partial charge in [-0.25, -0.2) is 0 Å². The Kier molecular flexibility index (Phi) is 7.75. The summed E-state index contributed by atoms with van der Waals surface area (Å²) in [5.41, 5.74) is 2.55. The van der Waals surface area contributed by atoms with E-state index in [2.05, 4.69) is 26.1 Å². The molecular weight excluding hydrogens is 380 g/mol. The van der Waals surface area contributed by atoms with Gasteiger partial charge >= 0.3 is 5.97 Å². The number of carbonyl (C=O) groups excluding carboxylic acids is 3. The van der Waals surface area contributed by atoms with Crippen molar-refractivity contribution in [1.82, 2.24) is 10.2 Å². The highest BCUT2D eigenvalue weighted by Gasteiger charge is 2.22. The number of likely N-dealkylation sites (N-methyl/N-ethyl adjacent to an activating group) is 1. The van der Waals surface area contributed by atoms with Crippen molar-refractivity contribution in [2.75, 3.05) is 13.6 Å². The molecule has 6 nitrogen and oxygen atoms in total. The van der Waals surface area contributed by atoms with Crippen molar-refractivity contribution in [1.29, 1.82) is 0 Å². The van der Waals surface area contributed by atoms with Gasteiger partial charge in [0, 0.05) is 19.2 Å². The van der Waals surface area contributed by atoms with Crippen LogP contribution in [0.25, 0.3) is 0 Å². The van der Waals surface area contributed by atoms with Crippen molar-refractivity contribution in [3.63, 3.8) is 0 Å². The molecule has 1 atom stereocenters. The van der Waals surface area contributed by atoms with E-state index in [4.69, 9.17) is 4.74 Å². The van der Waals surface area contributed by atoms with Crippen LogP contribution in [0.4, 0.5) is 0 Å². The Labute approximate surface area is 178 Å². The molecule has 0 aliphatic rings. The van der Waals surface area contributed by atoms with Crippen LogP contribution < -0.4 is 5.32 Å². The normalized spacial score (nSPS) is 12.0. The highest BCUT2D eigenvalue weighted by Crippen LogP contribution is 2.22. The third-order valence-electron chi connectivity index (χ3n) is 4.70. The molecule has 0 aliphatic carbocycles. The van der Waals surface area contributed by atoms with E-state index in [0.29, 0.717) is 12.1 Å². The number of benzene rings is 2. The van der Waals surface area contributed by atoms with Gasteiger partial charge in [-0.15, -0.1) is 0 Å². The van der Waals surface area contributed by atoms with Gasteiger partial charge in [-0.3, -0.25) is 14.4 Å². The van der Waals surface area contributed by atoms with E-state index in [9.17, 15) is 14.4 Å². The Hall–Kier alpha value is -3.15. The highest BCUT2D eigenvalue weighted by atomic mass is 16.5. The quantitative estimate of drug-likeness (QED) is 0.711. The average molecular weight is 411 g/mol. The Bertz CT molecular complexity index is 870. The summed E-state index contributed by atoms with van der Waals surface area (Å²) in [7, 11) is 1.66. The molecular formula is C24H30N2O4. The molecule has 0 bridgehead atoms. The van der Waals surface area contributed by atoms with Crippen LogP contribution in [-0.2, 0) is 26.3 Å². The van der Waals surface area contributed by atoms with Gasteiger partial charge in [0.15, 0.2) is 6.10 Å². The molecule has 2 rings (SSSR count). The van der Waals surface area contributed by atoms with E-state index in [1.807, 2.05) is 42.5 Å². The summed E-state index contributed by atoms with van der Waals surface area (Å²) in [6, 6.07) is 16.8. The van der Waals surface area contributed by atoms with Crippen molar-refractivity contribution in [2.45, 2.75) is 45.8 Å². The van der Waals surface area contributed by atoms with Crippen LogP contribution >= 0.6 is 0 Å². The summed E-state index contributed by atoms with van der Waals surface area (Å²) in [6.45, 7) is 7.92. The minimum Gasteiger partial charge on any atom is -0.451 e.